The number of imidazole rings is 1. The van der Waals surface area contributed by atoms with E-state index in [9.17, 15) is 0 Å². The summed E-state index contributed by atoms with van der Waals surface area (Å²) >= 11 is 0. The number of nitrogens with zero attached hydrogens (tertiary/aromatic N) is 4. The summed E-state index contributed by atoms with van der Waals surface area (Å²) in [5, 5.41) is 6.49. The second-order valence-electron chi connectivity index (χ2n) is 4.44. The van der Waals surface area contributed by atoms with Crippen LogP contribution in [-0.2, 0) is 6.54 Å². The predicted molar refractivity (Wildman–Crippen MR) is 78.1 cm³/mol. The second kappa shape index (κ2) is 6.74. The van der Waals surface area contributed by atoms with Crippen molar-refractivity contribution in [2.24, 2.45) is 0 Å². The Hall–Kier alpha value is -2.31. The number of ether oxygens (including phenoxy) is 1. The molecule has 108 valence electrons. The van der Waals surface area contributed by atoms with Gasteiger partial charge in [0.15, 0.2) is 11.6 Å². The van der Waals surface area contributed by atoms with E-state index < -0.39 is 0 Å². The highest BCUT2D eigenvalue weighted by molar-refractivity contribution is 5.63. The van der Waals surface area contributed by atoms with E-state index in [1.807, 2.05) is 17.7 Å². The molecule has 7 heteroatoms. The molecule has 7 nitrogen and oxygen atoms in total. The Labute approximate surface area is 118 Å². The SMILES string of the molecule is CCNc1ncnc(NC(C)Cn2ccnc2)c1OC. The van der Waals surface area contributed by atoms with E-state index in [0.717, 1.165) is 13.1 Å². The Bertz CT molecular complexity index is 528. The third-order valence-electron chi connectivity index (χ3n) is 2.78. The quantitative estimate of drug-likeness (QED) is 0.800. The van der Waals surface area contributed by atoms with Crippen LogP contribution in [0.5, 0.6) is 5.75 Å². The topological polar surface area (TPSA) is 76.9 Å². The fourth-order valence-electron chi connectivity index (χ4n) is 1.95. The normalized spacial score (nSPS) is 11.9. The first-order valence-corrected chi connectivity index (χ1v) is 6.59. The Morgan fingerprint density at radius 3 is 2.80 bits per heavy atom. The molecule has 2 aromatic heterocycles. The van der Waals surface area contributed by atoms with Crippen LogP contribution in [0.1, 0.15) is 13.8 Å². The fraction of sp³-hybridized carbons (Fsp3) is 0.462. The van der Waals surface area contributed by atoms with Gasteiger partial charge in [0, 0.05) is 31.5 Å². The minimum Gasteiger partial charge on any atom is -0.490 e. The Kier molecular flexibility index (Phi) is 4.75. The molecule has 0 saturated heterocycles. The van der Waals surface area contributed by atoms with E-state index in [1.54, 1.807) is 19.6 Å². The summed E-state index contributed by atoms with van der Waals surface area (Å²) in [7, 11) is 1.62. The zero-order chi connectivity index (χ0) is 14.4. The number of rotatable bonds is 7. The molecule has 0 aliphatic carbocycles. The maximum absolute atomic E-state index is 5.40. The van der Waals surface area contributed by atoms with Crippen LogP contribution >= 0.6 is 0 Å². The average Bonchev–Trinajstić information content (AvgIpc) is 2.92. The summed E-state index contributed by atoms with van der Waals surface area (Å²) in [4.78, 5) is 12.5. The molecule has 1 unspecified atom stereocenters. The third-order valence-corrected chi connectivity index (χ3v) is 2.78. The van der Waals surface area contributed by atoms with Crippen molar-refractivity contribution >= 4 is 11.6 Å². The first kappa shape index (κ1) is 14.1. The van der Waals surface area contributed by atoms with Crippen molar-refractivity contribution in [3.05, 3.63) is 25.0 Å². The molecule has 2 heterocycles. The van der Waals surface area contributed by atoms with E-state index in [0.29, 0.717) is 17.4 Å². The van der Waals surface area contributed by atoms with Gasteiger partial charge in [0.2, 0.25) is 5.75 Å². The van der Waals surface area contributed by atoms with E-state index in [2.05, 4.69) is 32.5 Å². The zero-order valence-electron chi connectivity index (χ0n) is 12.0. The molecular formula is C13H20N6O. The Morgan fingerprint density at radius 2 is 2.15 bits per heavy atom. The molecule has 2 aromatic rings. The van der Waals surface area contributed by atoms with E-state index in [-0.39, 0.29) is 6.04 Å². The summed E-state index contributed by atoms with van der Waals surface area (Å²) in [6.45, 7) is 5.66. The zero-order valence-corrected chi connectivity index (χ0v) is 12.0. The molecule has 0 aromatic carbocycles. The molecular weight excluding hydrogens is 256 g/mol. The first-order chi connectivity index (χ1) is 9.74. The molecule has 0 aliphatic heterocycles. The van der Waals surface area contributed by atoms with Crippen LogP contribution in [0.3, 0.4) is 0 Å². The van der Waals surface area contributed by atoms with Crippen LogP contribution in [0.2, 0.25) is 0 Å². The largest absolute Gasteiger partial charge is 0.490 e. The second-order valence-corrected chi connectivity index (χ2v) is 4.44. The van der Waals surface area contributed by atoms with Crippen molar-refractivity contribution < 1.29 is 4.74 Å². The van der Waals surface area contributed by atoms with Crippen LogP contribution in [0.4, 0.5) is 11.6 Å². The minimum atomic E-state index is 0.183. The van der Waals surface area contributed by atoms with Crippen LogP contribution in [-0.4, -0.2) is 39.2 Å². The first-order valence-electron chi connectivity index (χ1n) is 6.59. The molecule has 0 radical (unpaired) electrons. The smallest absolute Gasteiger partial charge is 0.204 e. The highest BCUT2D eigenvalue weighted by atomic mass is 16.5. The minimum absolute atomic E-state index is 0.183. The van der Waals surface area contributed by atoms with Crippen molar-refractivity contribution in [1.29, 1.82) is 0 Å². The summed E-state index contributed by atoms with van der Waals surface area (Å²) in [6.07, 6.45) is 7.01. The van der Waals surface area contributed by atoms with Crippen molar-refractivity contribution in [2.75, 3.05) is 24.3 Å². The summed E-state index contributed by atoms with van der Waals surface area (Å²) in [5.41, 5.74) is 0. The van der Waals surface area contributed by atoms with Gasteiger partial charge in [-0.05, 0) is 13.8 Å². The summed E-state index contributed by atoms with van der Waals surface area (Å²) in [6, 6.07) is 0.183. The fourth-order valence-corrected chi connectivity index (χ4v) is 1.95. The molecule has 2 N–H and O–H groups in total. The lowest BCUT2D eigenvalue weighted by Gasteiger charge is -2.18. The van der Waals surface area contributed by atoms with Crippen molar-refractivity contribution in [3.8, 4) is 5.75 Å². The molecule has 0 saturated carbocycles. The molecule has 0 amide bonds. The van der Waals surface area contributed by atoms with Gasteiger partial charge in [-0.3, -0.25) is 0 Å². The lowest BCUT2D eigenvalue weighted by Crippen LogP contribution is -2.22. The van der Waals surface area contributed by atoms with Gasteiger partial charge in [0.05, 0.1) is 13.4 Å². The van der Waals surface area contributed by atoms with E-state index >= 15 is 0 Å². The van der Waals surface area contributed by atoms with Gasteiger partial charge < -0.3 is 19.9 Å². The molecule has 1 atom stereocenters. The van der Waals surface area contributed by atoms with Crippen LogP contribution in [0.15, 0.2) is 25.0 Å². The van der Waals surface area contributed by atoms with Crippen LogP contribution in [0.25, 0.3) is 0 Å². The highest BCUT2D eigenvalue weighted by Gasteiger charge is 2.13. The maximum atomic E-state index is 5.40. The number of anilines is 2. The van der Waals surface area contributed by atoms with Gasteiger partial charge in [-0.25, -0.2) is 15.0 Å². The standard InChI is InChI=1S/C13H20N6O/c1-4-15-12-11(20-3)13(17-8-16-12)18-10(2)7-19-6-5-14-9-19/h5-6,8-10H,4,7H2,1-3H3,(H2,15,16,17,18). The molecule has 0 fully saturated rings. The van der Waals surface area contributed by atoms with Gasteiger partial charge >= 0.3 is 0 Å². The number of nitrogens with one attached hydrogen (secondary N) is 2. The van der Waals surface area contributed by atoms with Gasteiger partial charge in [0.1, 0.15) is 6.33 Å². The molecule has 0 bridgehead atoms. The number of hydrogen-bond donors (Lipinski definition) is 2. The van der Waals surface area contributed by atoms with Gasteiger partial charge in [-0.1, -0.05) is 0 Å². The number of methoxy groups -OCH3 is 1. The summed E-state index contributed by atoms with van der Waals surface area (Å²) < 4.78 is 7.41. The Morgan fingerprint density at radius 1 is 1.35 bits per heavy atom. The lowest BCUT2D eigenvalue weighted by atomic mass is 10.3. The average molecular weight is 276 g/mol. The van der Waals surface area contributed by atoms with E-state index in [4.69, 9.17) is 4.74 Å². The molecule has 0 spiro atoms. The van der Waals surface area contributed by atoms with Crippen molar-refractivity contribution in [1.82, 2.24) is 19.5 Å². The molecule has 20 heavy (non-hydrogen) atoms. The maximum Gasteiger partial charge on any atom is 0.204 e. The predicted octanol–water partition coefficient (Wildman–Crippen LogP) is 1.61. The van der Waals surface area contributed by atoms with Crippen molar-refractivity contribution in [2.45, 2.75) is 26.4 Å². The highest BCUT2D eigenvalue weighted by Crippen LogP contribution is 2.29. The van der Waals surface area contributed by atoms with Crippen LogP contribution < -0.4 is 15.4 Å². The van der Waals surface area contributed by atoms with Crippen molar-refractivity contribution in [3.63, 3.8) is 0 Å². The molecule has 0 aliphatic rings. The van der Waals surface area contributed by atoms with Crippen LogP contribution in [0, 0.1) is 0 Å². The third kappa shape index (κ3) is 3.37. The molecule has 2 rings (SSSR count). The van der Waals surface area contributed by atoms with Gasteiger partial charge in [-0.2, -0.15) is 0 Å². The lowest BCUT2D eigenvalue weighted by molar-refractivity contribution is 0.414. The monoisotopic (exact) mass is 276 g/mol. The van der Waals surface area contributed by atoms with Gasteiger partial charge in [-0.15, -0.1) is 0 Å². The number of hydrogen-bond acceptors (Lipinski definition) is 6. The number of aromatic nitrogens is 4. The summed E-state index contributed by atoms with van der Waals surface area (Å²) in [5.74, 6) is 2.01. The van der Waals surface area contributed by atoms with Gasteiger partial charge in [0.25, 0.3) is 0 Å². The van der Waals surface area contributed by atoms with E-state index in [1.165, 1.54) is 6.33 Å². The Balaban J connectivity index is 2.09.